The van der Waals surface area contributed by atoms with Gasteiger partial charge in [0, 0.05) is 12.0 Å². The first-order chi connectivity index (χ1) is 9.58. The molecule has 0 aromatic heterocycles. The van der Waals surface area contributed by atoms with E-state index in [-0.39, 0.29) is 30.3 Å². The zero-order valence-corrected chi connectivity index (χ0v) is 12.3. The van der Waals surface area contributed by atoms with Gasteiger partial charge >= 0.3 is 5.97 Å². The van der Waals surface area contributed by atoms with Crippen molar-refractivity contribution in [3.63, 3.8) is 0 Å². The maximum Gasteiger partial charge on any atom is 0.306 e. The minimum atomic E-state index is -0.270. The molecule has 4 bridgehead atoms. The molecule has 0 saturated heterocycles. The highest BCUT2D eigenvalue weighted by Crippen LogP contribution is 2.55. The Bertz CT molecular complexity index is 369. The fraction of sp³-hybridized carbons (Fsp3) is 0.875. The van der Waals surface area contributed by atoms with Crippen molar-refractivity contribution in [3.05, 3.63) is 0 Å². The number of carbonyl (C=O) groups is 2. The van der Waals surface area contributed by atoms with E-state index in [1.165, 1.54) is 19.3 Å². The molecule has 0 heterocycles. The molecule has 4 aliphatic carbocycles. The highest BCUT2D eigenvalue weighted by molar-refractivity contribution is 5.81. The van der Waals surface area contributed by atoms with Crippen molar-refractivity contribution >= 4 is 11.9 Å². The Morgan fingerprint density at radius 3 is 2.10 bits per heavy atom. The van der Waals surface area contributed by atoms with E-state index in [1.807, 2.05) is 0 Å². The summed E-state index contributed by atoms with van der Waals surface area (Å²) in [5.74, 6) is 2.23. The Balaban J connectivity index is 1.52. The fourth-order valence-corrected chi connectivity index (χ4v) is 5.07. The molecule has 4 nitrogen and oxygen atoms in total. The van der Waals surface area contributed by atoms with Crippen LogP contribution in [0.1, 0.15) is 58.3 Å². The minimum absolute atomic E-state index is 0.0278. The van der Waals surface area contributed by atoms with Gasteiger partial charge in [0.15, 0.2) is 0 Å². The van der Waals surface area contributed by atoms with Gasteiger partial charge in [0.1, 0.15) is 0 Å². The Hall–Kier alpha value is -1.06. The molecule has 20 heavy (non-hydrogen) atoms. The molecule has 0 aromatic rings. The highest BCUT2D eigenvalue weighted by Gasteiger charge is 2.51. The first-order valence-electron chi connectivity index (χ1n) is 8.05. The average molecular weight is 279 g/mol. The van der Waals surface area contributed by atoms with Crippen LogP contribution in [-0.2, 0) is 14.3 Å². The summed E-state index contributed by atoms with van der Waals surface area (Å²) in [6.45, 7) is 2.17. The zero-order chi connectivity index (χ0) is 14.2. The Kier molecular flexibility index (Phi) is 3.74. The van der Waals surface area contributed by atoms with E-state index in [1.54, 1.807) is 6.92 Å². The molecule has 4 fully saturated rings. The van der Waals surface area contributed by atoms with E-state index in [0.717, 1.165) is 37.0 Å². The molecule has 1 amide bonds. The third kappa shape index (κ3) is 2.84. The molecule has 0 aromatic carbocycles. The molecule has 4 rings (SSSR count). The molecule has 112 valence electrons. The van der Waals surface area contributed by atoms with Gasteiger partial charge in [0.2, 0.25) is 5.91 Å². The molecule has 0 atom stereocenters. The van der Waals surface area contributed by atoms with Crippen LogP contribution in [0.25, 0.3) is 0 Å². The summed E-state index contributed by atoms with van der Waals surface area (Å²) in [5.41, 5.74) is 0.0560. The maximum absolute atomic E-state index is 12.1. The van der Waals surface area contributed by atoms with Crippen molar-refractivity contribution in [2.75, 3.05) is 6.61 Å². The Morgan fingerprint density at radius 2 is 1.60 bits per heavy atom. The predicted molar refractivity (Wildman–Crippen MR) is 74.9 cm³/mol. The van der Waals surface area contributed by atoms with Gasteiger partial charge in [0.05, 0.1) is 13.0 Å². The first kappa shape index (κ1) is 13.9. The fourth-order valence-electron chi connectivity index (χ4n) is 5.07. The van der Waals surface area contributed by atoms with Gasteiger partial charge in [-0.1, -0.05) is 0 Å². The van der Waals surface area contributed by atoms with Crippen molar-refractivity contribution in [1.29, 1.82) is 0 Å². The second-order valence-electron chi connectivity index (χ2n) is 7.05. The number of hydrogen-bond donors (Lipinski definition) is 1. The van der Waals surface area contributed by atoms with Crippen molar-refractivity contribution in [1.82, 2.24) is 5.32 Å². The molecular formula is C16H25NO3. The molecule has 0 spiro atoms. The topological polar surface area (TPSA) is 55.4 Å². The highest BCUT2D eigenvalue weighted by atomic mass is 16.5. The number of rotatable bonds is 5. The Morgan fingerprint density at radius 1 is 1.05 bits per heavy atom. The van der Waals surface area contributed by atoms with Crippen LogP contribution in [0.15, 0.2) is 0 Å². The second kappa shape index (κ2) is 5.38. The number of esters is 1. The van der Waals surface area contributed by atoms with E-state index < -0.39 is 0 Å². The Labute approximate surface area is 120 Å². The lowest BCUT2D eigenvalue weighted by molar-refractivity contribution is -0.145. The van der Waals surface area contributed by atoms with Crippen LogP contribution in [0.3, 0.4) is 0 Å². The van der Waals surface area contributed by atoms with E-state index in [9.17, 15) is 9.59 Å². The van der Waals surface area contributed by atoms with Crippen LogP contribution in [-0.4, -0.2) is 24.0 Å². The first-order valence-corrected chi connectivity index (χ1v) is 8.05. The lowest BCUT2D eigenvalue weighted by atomic mass is 9.53. The predicted octanol–water partition coefficient (Wildman–Crippen LogP) is 2.41. The third-order valence-electron chi connectivity index (χ3n) is 5.30. The van der Waals surface area contributed by atoms with Gasteiger partial charge in [-0.2, -0.15) is 0 Å². The van der Waals surface area contributed by atoms with E-state index >= 15 is 0 Å². The summed E-state index contributed by atoms with van der Waals surface area (Å²) in [6, 6.07) is 0. The largest absolute Gasteiger partial charge is 0.466 e. The summed E-state index contributed by atoms with van der Waals surface area (Å²) in [7, 11) is 0. The summed E-state index contributed by atoms with van der Waals surface area (Å²) < 4.78 is 4.87. The summed E-state index contributed by atoms with van der Waals surface area (Å²) in [5, 5.41) is 3.28. The van der Waals surface area contributed by atoms with Gasteiger partial charge in [-0.3, -0.25) is 9.59 Å². The van der Waals surface area contributed by atoms with Gasteiger partial charge < -0.3 is 10.1 Å². The van der Waals surface area contributed by atoms with Crippen LogP contribution in [0.2, 0.25) is 0 Å². The van der Waals surface area contributed by atoms with Crippen molar-refractivity contribution in [2.24, 2.45) is 17.8 Å². The van der Waals surface area contributed by atoms with E-state index in [0.29, 0.717) is 6.61 Å². The minimum Gasteiger partial charge on any atom is -0.466 e. The van der Waals surface area contributed by atoms with Crippen LogP contribution < -0.4 is 5.32 Å². The summed E-state index contributed by atoms with van der Waals surface area (Å²) in [4.78, 5) is 23.4. The van der Waals surface area contributed by atoms with Crippen molar-refractivity contribution in [3.8, 4) is 0 Å². The maximum atomic E-state index is 12.1. The lowest BCUT2D eigenvalue weighted by Gasteiger charge is -2.56. The smallest absolute Gasteiger partial charge is 0.306 e. The number of ether oxygens (including phenoxy) is 1. The molecule has 0 unspecified atom stereocenters. The molecule has 0 aliphatic heterocycles. The number of carbonyl (C=O) groups excluding carboxylic acids is 2. The molecular weight excluding hydrogens is 254 g/mol. The SMILES string of the molecule is CCOC(=O)CCC(=O)NC12CC3CC(CC(C3)C1)C2. The zero-order valence-electron chi connectivity index (χ0n) is 12.3. The molecule has 1 N–H and O–H groups in total. The van der Waals surface area contributed by atoms with Crippen LogP contribution in [0, 0.1) is 17.8 Å². The standard InChI is InChI=1S/C16H25NO3/c1-2-20-15(19)4-3-14(18)17-16-8-11-5-12(9-16)7-13(6-11)10-16/h11-13H,2-10H2,1H3,(H,17,18). The number of amides is 1. The monoisotopic (exact) mass is 279 g/mol. The summed E-state index contributed by atoms with van der Waals surface area (Å²) in [6.07, 6.45) is 8.05. The van der Waals surface area contributed by atoms with Gasteiger partial charge in [-0.15, -0.1) is 0 Å². The second-order valence-corrected chi connectivity index (χ2v) is 7.05. The average Bonchev–Trinajstić information content (AvgIpc) is 2.34. The van der Waals surface area contributed by atoms with Gasteiger partial charge in [0.25, 0.3) is 0 Å². The normalized spacial score (nSPS) is 37.8. The van der Waals surface area contributed by atoms with E-state index in [4.69, 9.17) is 4.74 Å². The van der Waals surface area contributed by atoms with Crippen LogP contribution in [0.4, 0.5) is 0 Å². The van der Waals surface area contributed by atoms with Gasteiger partial charge in [-0.05, 0) is 63.2 Å². The molecule has 4 saturated carbocycles. The number of nitrogens with one attached hydrogen (secondary N) is 1. The van der Waals surface area contributed by atoms with Crippen molar-refractivity contribution < 1.29 is 14.3 Å². The van der Waals surface area contributed by atoms with Crippen molar-refractivity contribution in [2.45, 2.75) is 63.8 Å². The molecule has 0 radical (unpaired) electrons. The van der Waals surface area contributed by atoms with Crippen LogP contribution >= 0.6 is 0 Å². The number of hydrogen-bond acceptors (Lipinski definition) is 3. The third-order valence-corrected chi connectivity index (χ3v) is 5.30. The lowest BCUT2D eigenvalue weighted by Crippen LogP contribution is -2.59. The van der Waals surface area contributed by atoms with Gasteiger partial charge in [-0.25, -0.2) is 0 Å². The van der Waals surface area contributed by atoms with E-state index in [2.05, 4.69) is 5.32 Å². The quantitative estimate of drug-likeness (QED) is 0.786. The molecule has 4 aliphatic rings. The van der Waals surface area contributed by atoms with Crippen LogP contribution in [0.5, 0.6) is 0 Å². The molecule has 4 heteroatoms. The summed E-state index contributed by atoms with van der Waals surface area (Å²) >= 11 is 0.